The maximum atomic E-state index is 11.7. The molecule has 2 aromatic rings. The molecule has 2 aromatic heterocycles. The van der Waals surface area contributed by atoms with Crippen molar-refractivity contribution < 1.29 is 4.79 Å². The number of carbonyl (C=O) groups excluding carboxylic acids is 1. The van der Waals surface area contributed by atoms with Crippen LogP contribution in [0.5, 0.6) is 0 Å². The van der Waals surface area contributed by atoms with Crippen molar-refractivity contribution in [2.75, 3.05) is 19.4 Å². The standard InChI is InChI=1S/C12H17N5O/c1-8-5-6-10-14-12(15-17(10)7-8)13-9(2)11(18)16(3)4/h5-7,9H,1-4H3,(H,13,15). The van der Waals surface area contributed by atoms with Gasteiger partial charge in [-0.05, 0) is 25.5 Å². The van der Waals surface area contributed by atoms with Gasteiger partial charge in [0.25, 0.3) is 0 Å². The summed E-state index contributed by atoms with van der Waals surface area (Å²) in [6.45, 7) is 3.78. The molecule has 2 rings (SSSR count). The molecule has 0 aliphatic heterocycles. The van der Waals surface area contributed by atoms with Crippen molar-refractivity contribution in [3.8, 4) is 0 Å². The van der Waals surface area contributed by atoms with Crippen LogP contribution in [0.2, 0.25) is 0 Å². The second-order valence-electron chi connectivity index (χ2n) is 4.54. The quantitative estimate of drug-likeness (QED) is 0.876. The Balaban J connectivity index is 2.19. The van der Waals surface area contributed by atoms with Crippen LogP contribution in [0.15, 0.2) is 18.3 Å². The fourth-order valence-corrected chi connectivity index (χ4v) is 1.69. The Kier molecular flexibility index (Phi) is 3.18. The van der Waals surface area contributed by atoms with Gasteiger partial charge in [0.05, 0.1) is 0 Å². The molecule has 1 unspecified atom stereocenters. The highest BCUT2D eigenvalue weighted by atomic mass is 16.2. The molecule has 0 bridgehead atoms. The number of nitrogens with one attached hydrogen (secondary N) is 1. The molecule has 1 N–H and O–H groups in total. The van der Waals surface area contributed by atoms with Gasteiger partial charge >= 0.3 is 0 Å². The average molecular weight is 247 g/mol. The summed E-state index contributed by atoms with van der Waals surface area (Å²) in [4.78, 5) is 17.6. The number of likely N-dealkylation sites (N-methyl/N-ethyl adjacent to an activating group) is 1. The summed E-state index contributed by atoms with van der Waals surface area (Å²) in [5.74, 6) is 0.452. The topological polar surface area (TPSA) is 62.5 Å². The Labute approximate surface area is 106 Å². The summed E-state index contributed by atoms with van der Waals surface area (Å²) in [5.41, 5.74) is 1.86. The normalized spacial score (nSPS) is 12.4. The first-order valence-electron chi connectivity index (χ1n) is 5.78. The van der Waals surface area contributed by atoms with Gasteiger partial charge in [-0.1, -0.05) is 6.07 Å². The van der Waals surface area contributed by atoms with Gasteiger partial charge in [-0.15, -0.1) is 5.10 Å². The predicted molar refractivity (Wildman–Crippen MR) is 69.5 cm³/mol. The summed E-state index contributed by atoms with van der Waals surface area (Å²) in [7, 11) is 3.45. The van der Waals surface area contributed by atoms with Gasteiger partial charge in [-0.3, -0.25) is 4.79 Å². The van der Waals surface area contributed by atoms with Crippen molar-refractivity contribution in [3.63, 3.8) is 0 Å². The molecule has 0 aliphatic rings. The van der Waals surface area contributed by atoms with Crippen LogP contribution in [0, 0.1) is 6.92 Å². The Morgan fingerprint density at radius 3 is 2.83 bits per heavy atom. The number of rotatable bonds is 3. The summed E-state index contributed by atoms with van der Waals surface area (Å²) in [6.07, 6.45) is 1.89. The number of anilines is 1. The van der Waals surface area contributed by atoms with Crippen LogP contribution in [0.3, 0.4) is 0 Å². The van der Waals surface area contributed by atoms with Gasteiger partial charge in [0.1, 0.15) is 6.04 Å². The van der Waals surface area contributed by atoms with E-state index in [4.69, 9.17) is 0 Å². The van der Waals surface area contributed by atoms with Crippen LogP contribution in [0.1, 0.15) is 12.5 Å². The Morgan fingerprint density at radius 2 is 2.17 bits per heavy atom. The lowest BCUT2D eigenvalue weighted by Gasteiger charge is -2.16. The second kappa shape index (κ2) is 4.64. The maximum Gasteiger partial charge on any atom is 0.244 e. The molecule has 0 radical (unpaired) electrons. The van der Waals surface area contributed by atoms with Crippen molar-refractivity contribution in [2.24, 2.45) is 0 Å². The van der Waals surface area contributed by atoms with Crippen LogP contribution in [0.25, 0.3) is 5.65 Å². The van der Waals surface area contributed by atoms with Crippen molar-refractivity contribution in [3.05, 3.63) is 23.9 Å². The second-order valence-corrected chi connectivity index (χ2v) is 4.54. The van der Waals surface area contributed by atoms with E-state index in [2.05, 4.69) is 15.4 Å². The minimum Gasteiger partial charge on any atom is -0.347 e. The lowest BCUT2D eigenvalue weighted by Crippen LogP contribution is -2.36. The van der Waals surface area contributed by atoms with Crippen molar-refractivity contribution in [2.45, 2.75) is 19.9 Å². The third kappa shape index (κ3) is 2.42. The summed E-state index contributed by atoms with van der Waals surface area (Å²) >= 11 is 0. The van der Waals surface area contributed by atoms with Crippen molar-refractivity contribution in [1.82, 2.24) is 19.5 Å². The summed E-state index contributed by atoms with van der Waals surface area (Å²) < 4.78 is 1.70. The first-order valence-corrected chi connectivity index (χ1v) is 5.78. The third-order valence-electron chi connectivity index (χ3n) is 2.64. The molecular formula is C12H17N5O. The number of carbonyl (C=O) groups is 1. The SMILES string of the molecule is Cc1ccc2nc(NC(C)C(=O)N(C)C)nn2c1. The Morgan fingerprint density at radius 1 is 1.44 bits per heavy atom. The molecule has 18 heavy (non-hydrogen) atoms. The van der Waals surface area contributed by atoms with Gasteiger partial charge in [-0.25, -0.2) is 4.52 Å². The van der Waals surface area contributed by atoms with Crippen molar-refractivity contribution >= 4 is 17.5 Å². The van der Waals surface area contributed by atoms with E-state index in [1.54, 1.807) is 25.5 Å². The van der Waals surface area contributed by atoms with Gasteiger partial charge in [0.15, 0.2) is 5.65 Å². The van der Waals surface area contributed by atoms with Gasteiger partial charge in [0.2, 0.25) is 11.9 Å². The third-order valence-corrected chi connectivity index (χ3v) is 2.64. The van der Waals surface area contributed by atoms with Gasteiger partial charge in [-0.2, -0.15) is 4.98 Å². The number of hydrogen-bond donors (Lipinski definition) is 1. The minimum atomic E-state index is -0.349. The zero-order chi connectivity index (χ0) is 13.3. The average Bonchev–Trinajstić information content (AvgIpc) is 2.68. The van der Waals surface area contributed by atoms with E-state index in [0.29, 0.717) is 5.95 Å². The van der Waals surface area contributed by atoms with Crippen LogP contribution in [-0.4, -0.2) is 45.5 Å². The molecule has 0 aromatic carbocycles. The molecule has 0 spiro atoms. The molecule has 1 amide bonds. The molecule has 0 fully saturated rings. The molecule has 6 nitrogen and oxygen atoms in total. The van der Waals surface area contributed by atoms with E-state index in [-0.39, 0.29) is 11.9 Å². The zero-order valence-electron chi connectivity index (χ0n) is 11.0. The number of pyridine rings is 1. The van der Waals surface area contributed by atoms with E-state index >= 15 is 0 Å². The molecule has 1 atom stereocenters. The number of fused-ring (bicyclic) bond motifs is 1. The van der Waals surface area contributed by atoms with E-state index in [0.717, 1.165) is 11.2 Å². The highest BCUT2D eigenvalue weighted by Crippen LogP contribution is 2.08. The van der Waals surface area contributed by atoms with Gasteiger partial charge in [0, 0.05) is 20.3 Å². The van der Waals surface area contributed by atoms with Crippen LogP contribution >= 0.6 is 0 Å². The van der Waals surface area contributed by atoms with Crippen molar-refractivity contribution in [1.29, 1.82) is 0 Å². The molecular weight excluding hydrogens is 230 g/mol. The number of hydrogen-bond acceptors (Lipinski definition) is 4. The van der Waals surface area contributed by atoms with Crippen LogP contribution in [-0.2, 0) is 4.79 Å². The maximum absolute atomic E-state index is 11.7. The molecule has 0 saturated carbocycles. The van der Waals surface area contributed by atoms with Gasteiger partial charge < -0.3 is 10.2 Å². The van der Waals surface area contributed by atoms with E-state index in [1.165, 1.54) is 4.90 Å². The Hall–Kier alpha value is -2.11. The molecule has 6 heteroatoms. The monoisotopic (exact) mass is 247 g/mol. The highest BCUT2D eigenvalue weighted by molar-refractivity contribution is 5.83. The summed E-state index contributed by atoms with van der Waals surface area (Å²) in [6, 6.07) is 3.52. The summed E-state index contributed by atoms with van der Waals surface area (Å²) in [5, 5.41) is 7.28. The van der Waals surface area contributed by atoms with E-state index in [9.17, 15) is 4.79 Å². The smallest absolute Gasteiger partial charge is 0.244 e. The predicted octanol–water partition coefficient (Wildman–Crippen LogP) is 0.926. The first-order chi connectivity index (χ1) is 8.47. The highest BCUT2D eigenvalue weighted by Gasteiger charge is 2.16. The number of nitrogens with zero attached hydrogens (tertiary/aromatic N) is 4. The van der Waals surface area contributed by atoms with Crippen LogP contribution < -0.4 is 5.32 Å². The largest absolute Gasteiger partial charge is 0.347 e. The fraction of sp³-hybridized carbons (Fsp3) is 0.417. The van der Waals surface area contributed by atoms with Crippen LogP contribution in [0.4, 0.5) is 5.95 Å². The lowest BCUT2D eigenvalue weighted by atomic mass is 10.3. The molecule has 2 heterocycles. The number of amides is 1. The van der Waals surface area contributed by atoms with E-state index < -0.39 is 0 Å². The molecule has 96 valence electrons. The number of aromatic nitrogens is 3. The fourth-order valence-electron chi connectivity index (χ4n) is 1.69. The molecule has 0 saturated heterocycles. The molecule has 0 aliphatic carbocycles. The van der Waals surface area contributed by atoms with E-state index in [1.807, 2.05) is 25.3 Å². The Bertz CT molecular complexity index is 575. The number of aryl methyl sites for hydroxylation is 1. The minimum absolute atomic E-state index is 0.00923. The lowest BCUT2D eigenvalue weighted by molar-refractivity contribution is -0.129. The zero-order valence-corrected chi connectivity index (χ0v) is 11.0. The first kappa shape index (κ1) is 12.3.